The van der Waals surface area contributed by atoms with Gasteiger partial charge in [0, 0.05) is 21.0 Å². The van der Waals surface area contributed by atoms with E-state index < -0.39 is 5.82 Å². The molecule has 0 radical (unpaired) electrons. The van der Waals surface area contributed by atoms with Gasteiger partial charge in [-0.3, -0.25) is 9.79 Å². The van der Waals surface area contributed by atoms with Gasteiger partial charge in [0.05, 0.1) is 40.8 Å². The number of para-hydroxylation sites is 1. The summed E-state index contributed by atoms with van der Waals surface area (Å²) >= 11 is 7.83. The zero-order valence-electron chi connectivity index (χ0n) is 16.5. The van der Waals surface area contributed by atoms with Crippen molar-refractivity contribution in [2.75, 3.05) is 6.61 Å². The normalized spacial score (nSPS) is 19.2. The molecule has 0 aliphatic carbocycles. The maximum absolute atomic E-state index is 13.9. The van der Waals surface area contributed by atoms with Crippen LogP contribution in [0.5, 0.6) is 5.75 Å². The Bertz CT molecular complexity index is 1480. The Morgan fingerprint density at radius 3 is 2.88 bits per heavy atom. The summed E-state index contributed by atoms with van der Waals surface area (Å²) < 4.78 is 25.7. The van der Waals surface area contributed by atoms with Crippen LogP contribution in [-0.4, -0.2) is 12.3 Å². The summed E-state index contributed by atoms with van der Waals surface area (Å²) in [6, 6.07) is 17.2. The van der Waals surface area contributed by atoms with Crippen molar-refractivity contribution in [2.45, 2.75) is 10.1 Å². The summed E-state index contributed by atoms with van der Waals surface area (Å²) in [5.41, 5.74) is 3.01. The van der Waals surface area contributed by atoms with Gasteiger partial charge in [0.15, 0.2) is 5.43 Å². The second-order valence-electron chi connectivity index (χ2n) is 7.72. The van der Waals surface area contributed by atoms with E-state index in [2.05, 4.69) is 0 Å². The zero-order valence-corrected chi connectivity index (χ0v) is 18.1. The molecular formula is C25H15ClFNO3S. The summed E-state index contributed by atoms with van der Waals surface area (Å²) in [4.78, 5) is 19.4. The number of fused-ring (bicyclic) bond motifs is 5. The van der Waals surface area contributed by atoms with E-state index in [1.165, 1.54) is 24.5 Å². The Balaban J connectivity index is 1.59. The van der Waals surface area contributed by atoms with E-state index in [1.807, 2.05) is 36.4 Å². The lowest BCUT2D eigenvalue weighted by Gasteiger charge is -2.31. The average molecular weight is 464 g/mol. The number of aliphatic imine (C=N–C) groups is 1. The van der Waals surface area contributed by atoms with Crippen LogP contribution in [0, 0.1) is 11.7 Å². The first-order valence-corrected chi connectivity index (χ1v) is 11.3. The van der Waals surface area contributed by atoms with Crippen molar-refractivity contribution in [1.29, 1.82) is 0 Å². The largest absolute Gasteiger partial charge is 0.492 e. The van der Waals surface area contributed by atoms with Crippen LogP contribution in [0.3, 0.4) is 0 Å². The molecule has 0 spiro atoms. The maximum Gasteiger partial charge on any atom is 0.197 e. The number of ether oxygens (including phenoxy) is 1. The first-order chi connectivity index (χ1) is 15.6. The number of nitrogens with zero attached hydrogens (tertiary/aromatic N) is 1. The first kappa shape index (κ1) is 19.6. The van der Waals surface area contributed by atoms with Crippen LogP contribution in [-0.2, 0) is 0 Å². The second-order valence-corrected chi connectivity index (χ2v) is 9.34. The number of hydrogen-bond donors (Lipinski definition) is 0. The summed E-state index contributed by atoms with van der Waals surface area (Å²) in [6.45, 7) is 0.347. The van der Waals surface area contributed by atoms with Gasteiger partial charge in [-0.2, -0.15) is 0 Å². The van der Waals surface area contributed by atoms with E-state index in [9.17, 15) is 9.18 Å². The molecule has 3 aromatic carbocycles. The van der Waals surface area contributed by atoms with E-state index in [0.717, 1.165) is 21.9 Å². The molecule has 0 amide bonds. The quantitative estimate of drug-likeness (QED) is 0.320. The Hall–Kier alpha value is -3.09. The fourth-order valence-corrected chi connectivity index (χ4v) is 5.75. The monoisotopic (exact) mass is 463 g/mol. The molecule has 0 saturated heterocycles. The number of hydrogen-bond acceptors (Lipinski definition) is 5. The highest BCUT2D eigenvalue weighted by Crippen LogP contribution is 2.50. The molecule has 3 heterocycles. The van der Waals surface area contributed by atoms with Gasteiger partial charge in [0.1, 0.15) is 17.1 Å². The lowest BCUT2D eigenvalue weighted by Crippen LogP contribution is -2.33. The third kappa shape index (κ3) is 3.14. The number of rotatable bonds is 1. The summed E-state index contributed by atoms with van der Waals surface area (Å²) in [5, 5.41) is 0.464. The summed E-state index contributed by atoms with van der Waals surface area (Å²) in [6.07, 6.45) is 1.49. The fraction of sp³-hybridized carbons (Fsp3) is 0.120. The topological polar surface area (TPSA) is 51.8 Å². The molecule has 2 aliphatic rings. The molecular weight excluding hydrogens is 449 g/mol. The molecule has 0 unspecified atom stereocenters. The summed E-state index contributed by atoms with van der Waals surface area (Å²) in [5.74, 6) is 0.0000551. The number of thioether (sulfide) groups is 1. The molecule has 4 aromatic rings. The predicted octanol–water partition coefficient (Wildman–Crippen LogP) is 6.56. The van der Waals surface area contributed by atoms with Gasteiger partial charge in [-0.15, -0.1) is 11.8 Å². The minimum absolute atomic E-state index is 0.222. The molecule has 0 fully saturated rings. The van der Waals surface area contributed by atoms with Gasteiger partial charge in [-0.1, -0.05) is 23.7 Å². The van der Waals surface area contributed by atoms with E-state index in [1.54, 1.807) is 17.8 Å². The van der Waals surface area contributed by atoms with Crippen molar-refractivity contribution in [3.8, 4) is 5.75 Å². The number of halogens is 2. The third-order valence-corrected chi connectivity index (χ3v) is 7.45. The Morgan fingerprint density at radius 2 is 1.97 bits per heavy atom. The van der Waals surface area contributed by atoms with Gasteiger partial charge >= 0.3 is 0 Å². The molecule has 1 aromatic heterocycles. The van der Waals surface area contributed by atoms with Crippen LogP contribution in [0.2, 0.25) is 5.02 Å². The minimum Gasteiger partial charge on any atom is -0.492 e. The van der Waals surface area contributed by atoms with Crippen molar-refractivity contribution in [1.82, 2.24) is 0 Å². The highest BCUT2D eigenvalue weighted by Gasteiger charge is 2.39. The highest BCUT2D eigenvalue weighted by molar-refractivity contribution is 7.99. The Morgan fingerprint density at radius 1 is 1.09 bits per heavy atom. The van der Waals surface area contributed by atoms with Gasteiger partial charge < -0.3 is 9.15 Å². The van der Waals surface area contributed by atoms with Crippen molar-refractivity contribution in [3.63, 3.8) is 0 Å². The van der Waals surface area contributed by atoms with Crippen LogP contribution >= 0.6 is 23.4 Å². The van der Waals surface area contributed by atoms with E-state index in [0.29, 0.717) is 28.5 Å². The van der Waals surface area contributed by atoms with Crippen LogP contribution in [0.25, 0.3) is 11.0 Å². The zero-order chi connectivity index (χ0) is 21.8. The van der Waals surface area contributed by atoms with Crippen molar-refractivity contribution >= 4 is 45.7 Å². The maximum atomic E-state index is 13.9. The lowest BCUT2D eigenvalue weighted by atomic mass is 9.88. The van der Waals surface area contributed by atoms with Crippen molar-refractivity contribution < 1.29 is 13.5 Å². The molecule has 2 aliphatic heterocycles. The molecule has 7 heteroatoms. The molecule has 158 valence electrons. The van der Waals surface area contributed by atoms with E-state index >= 15 is 0 Å². The van der Waals surface area contributed by atoms with Gasteiger partial charge in [-0.25, -0.2) is 4.39 Å². The molecule has 0 saturated carbocycles. The van der Waals surface area contributed by atoms with Crippen molar-refractivity contribution in [2.24, 2.45) is 10.9 Å². The molecule has 2 atom stereocenters. The Kier molecular flexibility index (Phi) is 4.59. The van der Waals surface area contributed by atoms with Crippen LogP contribution < -0.4 is 10.2 Å². The minimum atomic E-state index is -0.479. The molecule has 32 heavy (non-hydrogen) atoms. The van der Waals surface area contributed by atoms with Gasteiger partial charge in [-0.05, 0) is 48.5 Å². The van der Waals surface area contributed by atoms with E-state index in [4.69, 9.17) is 25.7 Å². The van der Waals surface area contributed by atoms with Gasteiger partial charge in [0.2, 0.25) is 0 Å². The molecule has 0 bridgehead atoms. The molecule has 6 rings (SSSR count). The molecule has 4 nitrogen and oxygen atoms in total. The van der Waals surface area contributed by atoms with Crippen LogP contribution in [0.4, 0.5) is 10.1 Å². The smallest absolute Gasteiger partial charge is 0.197 e. The third-order valence-electron chi connectivity index (χ3n) is 5.78. The average Bonchev–Trinajstić information content (AvgIpc) is 2.97. The highest BCUT2D eigenvalue weighted by atomic mass is 35.5. The lowest BCUT2D eigenvalue weighted by molar-refractivity contribution is 0.271. The first-order valence-electron chi connectivity index (χ1n) is 10.1. The summed E-state index contributed by atoms with van der Waals surface area (Å²) in [7, 11) is 0. The molecule has 0 N–H and O–H groups in total. The Labute approximate surface area is 191 Å². The SMILES string of the molecule is O=c1c([C@H]2Sc3ccccc3N=C3c4cc(Cl)ccc4OC[C@@H]32)coc2ccc(F)cc12. The standard InChI is InChI=1S/C25H15ClFNO3S/c26-13-5-7-20-15(9-13)23-17(11-30-20)25(32-22-4-2-1-3-19(22)28-23)18-12-31-21-8-6-14(27)10-16(21)24(18)29/h1-10,12,17,25H,11H2/t17-,25-/m0/s1. The van der Waals surface area contributed by atoms with Gasteiger partial charge in [0.25, 0.3) is 0 Å². The second kappa shape index (κ2) is 7.50. The predicted molar refractivity (Wildman–Crippen MR) is 124 cm³/mol. The van der Waals surface area contributed by atoms with Crippen molar-refractivity contribution in [3.05, 3.63) is 99.1 Å². The van der Waals surface area contributed by atoms with E-state index in [-0.39, 0.29) is 22.0 Å². The number of benzene rings is 3. The van der Waals surface area contributed by atoms with Crippen LogP contribution in [0.1, 0.15) is 16.4 Å². The van der Waals surface area contributed by atoms with Crippen LogP contribution in [0.15, 0.2) is 86.0 Å². The fourth-order valence-electron chi connectivity index (χ4n) is 4.25.